The molecule has 166 valence electrons. The van der Waals surface area contributed by atoms with Crippen molar-refractivity contribution in [1.82, 2.24) is 9.55 Å². The maximum Gasteiger partial charge on any atom is 0.185 e. The predicted octanol–water partition coefficient (Wildman–Crippen LogP) is 6.32. The minimum Gasteiger partial charge on any atom is -0.496 e. The Morgan fingerprint density at radius 1 is 1.06 bits per heavy atom. The average Bonchev–Trinajstić information content (AvgIpc) is 3.37. The number of hydrogen-bond donors (Lipinski definition) is 0. The number of methoxy groups -OCH3 is 1. The fraction of sp³-hybridized carbons (Fsp3) is 0.111. The molecule has 0 N–H and O–H groups in total. The minimum atomic E-state index is -0.0766. The van der Waals surface area contributed by atoms with Gasteiger partial charge >= 0.3 is 0 Å². The Labute approximate surface area is 197 Å². The lowest BCUT2D eigenvalue weighted by Gasteiger charge is -2.12. The third-order valence-electron chi connectivity index (χ3n) is 5.16. The topological polar surface area (TPSA) is 53.4 Å². The molecule has 0 aliphatic heterocycles. The van der Waals surface area contributed by atoms with Crippen LogP contribution in [0.3, 0.4) is 0 Å². The highest BCUT2D eigenvalue weighted by molar-refractivity contribution is 6.32. The van der Waals surface area contributed by atoms with Crippen molar-refractivity contribution in [2.24, 2.45) is 0 Å². The molecule has 0 saturated carbocycles. The zero-order valence-corrected chi connectivity index (χ0v) is 19.1. The highest BCUT2D eigenvalue weighted by Crippen LogP contribution is 2.28. The van der Waals surface area contributed by atoms with E-state index in [1.807, 2.05) is 66.2 Å². The van der Waals surface area contributed by atoms with Crippen molar-refractivity contribution < 1.29 is 14.3 Å². The van der Waals surface area contributed by atoms with Crippen LogP contribution in [-0.2, 0) is 6.61 Å². The Balaban J connectivity index is 1.46. The maximum atomic E-state index is 12.6. The standard InChI is InChI=1S/C27H23ClN2O3/c1-19-3-11-27(24(28)15-19)33-17-22-16-20(5-12-26(22)32-2)4-10-25(31)21-6-8-23(9-7-21)30-14-13-29-18-30/h3-16,18H,17H2,1-2H3/b10-4+. The summed E-state index contributed by atoms with van der Waals surface area (Å²) in [5.74, 6) is 1.24. The second kappa shape index (κ2) is 10.2. The number of ether oxygens (including phenoxy) is 2. The summed E-state index contributed by atoms with van der Waals surface area (Å²) in [5.41, 5.74) is 4.35. The first-order chi connectivity index (χ1) is 16.0. The number of halogens is 1. The number of carbonyl (C=O) groups excluding carboxylic acids is 1. The van der Waals surface area contributed by atoms with E-state index in [-0.39, 0.29) is 12.4 Å². The summed E-state index contributed by atoms with van der Waals surface area (Å²) in [6.45, 7) is 2.27. The van der Waals surface area contributed by atoms with E-state index in [0.29, 0.717) is 22.1 Å². The molecular weight excluding hydrogens is 436 g/mol. The van der Waals surface area contributed by atoms with Crippen LogP contribution in [-0.4, -0.2) is 22.4 Å². The fourth-order valence-electron chi connectivity index (χ4n) is 3.37. The second-order valence-corrected chi connectivity index (χ2v) is 7.92. The van der Waals surface area contributed by atoms with Crippen LogP contribution >= 0.6 is 11.6 Å². The number of allylic oxidation sites excluding steroid dienone is 1. The van der Waals surface area contributed by atoms with Crippen LogP contribution in [0.1, 0.15) is 27.0 Å². The summed E-state index contributed by atoms with van der Waals surface area (Å²) in [5, 5.41) is 0.565. The molecule has 0 fully saturated rings. The van der Waals surface area contributed by atoms with Crippen molar-refractivity contribution in [2.45, 2.75) is 13.5 Å². The number of hydrogen-bond acceptors (Lipinski definition) is 4. The molecule has 0 aliphatic carbocycles. The average molecular weight is 459 g/mol. The van der Waals surface area contributed by atoms with E-state index in [2.05, 4.69) is 4.98 Å². The fourth-order valence-corrected chi connectivity index (χ4v) is 3.66. The largest absolute Gasteiger partial charge is 0.496 e. The van der Waals surface area contributed by atoms with Crippen LogP contribution in [0, 0.1) is 6.92 Å². The number of aromatic nitrogens is 2. The summed E-state index contributed by atoms with van der Waals surface area (Å²) in [6, 6.07) is 18.8. The van der Waals surface area contributed by atoms with Gasteiger partial charge in [0, 0.05) is 29.2 Å². The molecule has 1 aromatic heterocycles. The molecule has 0 atom stereocenters. The zero-order chi connectivity index (χ0) is 23.2. The highest BCUT2D eigenvalue weighted by atomic mass is 35.5. The number of nitrogens with zero attached hydrogens (tertiary/aromatic N) is 2. The molecular formula is C27H23ClN2O3. The molecule has 3 aromatic carbocycles. The first kappa shape index (κ1) is 22.4. The maximum absolute atomic E-state index is 12.6. The Morgan fingerprint density at radius 3 is 2.55 bits per heavy atom. The van der Waals surface area contributed by atoms with E-state index in [1.165, 1.54) is 0 Å². The van der Waals surface area contributed by atoms with Crippen LogP contribution in [0.25, 0.3) is 11.8 Å². The van der Waals surface area contributed by atoms with Crippen molar-refractivity contribution in [3.8, 4) is 17.2 Å². The number of benzene rings is 3. The van der Waals surface area contributed by atoms with Gasteiger partial charge in [0.25, 0.3) is 0 Å². The molecule has 33 heavy (non-hydrogen) atoms. The molecule has 0 spiro atoms. The van der Waals surface area contributed by atoms with E-state index in [9.17, 15) is 4.79 Å². The normalized spacial score (nSPS) is 11.0. The van der Waals surface area contributed by atoms with E-state index in [4.69, 9.17) is 21.1 Å². The summed E-state index contributed by atoms with van der Waals surface area (Å²) in [7, 11) is 1.62. The molecule has 0 amide bonds. The molecule has 0 radical (unpaired) electrons. The Hall–Kier alpha value is -3.83. The lowest BCUT2D eigenvalue weighted by atomic mass is 10.1. The van der Waals surface area contributed by atoms with Crippen LogP contribution in [0.4, 0.5) is 0 Å². The van der Waals surface area contributed by atoms with Crippen molar-refractivity contribution in [3.05, 3.63) is 113 Å². The van der Waals surface area contributed by atoms with Crippen LogP contribution < -0.4 is 9.47 Å². The van der Waals surface area contributed by atoms with Gasteiger partial charge in [0.1, 0.15) is 18.1 Å². The molecule has 0 aliphatic rings. The lowest BCUT2D eigenvalue weighted by molar-refractivity contribution is 0.104. The van der Waals surface area contributed by atoms with Gasteiger partial charge in [0.2, 0.25) is 0 Å². The van der Waals surface area contributed by atoms with Crippen LogP contribution in [0.15, 0.2) is 85.5 Å². The quantitative estimate of drug-likeness (QED) is 0.229. The van der Waals surface area contributed by atoms with Crippen LogP contribution in [0.5, 0.6) is 11.5 Å². The molecule has 0 bridgehead atoms. The van der Waals surface area contributed by atoms with Gasteiger partial charge in [-0.15, -0.1) is 0 Å². The number of ketones is 1. The van der Waals surface area contributed by atoms with Gasteiger partial charge in [-0.3, -0.25) is 4.79 Å². The highest BCUT2D eigenvalue weighted by Gasteiger charge is 2.08. The van der Waals surface area contributed by atoms with Crippen molar-refractivity contribution in [3.63, 3.8) is 0 Å². The van der Waals surface area contributed by atoms with Gasteiger partial charge in [-0.05, 0) is 72.7 Å². The number of aryl methyl sites for hydroxylation is 1. The molecule has 1 heterocycles. The van der Waals surface area contributed by atoms with Gasteiger partial charge < -0.3 is 14.0 Å². The van der Waals surface area contributed by atoms with Crippen molar-refractivity contribution >= 4 is 23.5 Å². The molecule has 0 unspecified atom stereocenters. The van der Waals surface area contributed by atoms with Crippen molar-refractivity contribution in [2.75, 3.05) is 7.11 Å². The molecule has 0 saturated heterocycles. The van der Waals surface area contributed by atoms with E-state index >= 15 is 0 Å². The molecule has 5 nitrogen and oxygen atoms in total. The number of rotatable bonds is 8. The van der Waals surface area contributed by atoms with Gasteiger partial charge in [0.15, 0.2) is 5.78 Å². The lowest BCUT2D eigenvalue weighted by Crippen LogP contribution is -2.00. The Bertz CT molecular complexity index is 1280. The van der Waals surface area contributed by atoms with E-state index in [1.54, 1.807) is 43.9 Å². The van der Waals surface area contributed by atoms with Gasteiger partial charge in [-0.2, -0.15) is 0 Å². The number of imidazole rings is 1. The third kappa shape index (κ3) is 5.51. The summed E-state index contributed by atoms with van der Waals surface area (Å²) >= 11 is 6.27. The smallest absolute Gasteiger partial charge is 0.185 e. The van der Waals surface area contributed by atoms with E-state index in [0.717, 1.165) is 22.4 Å². The summed E-state index contributed by atoms with van der Waals surface area (Å²) in [4.78, 5) is 16.7. The minimum absolute atomic E-state index is 0.0766. The third-order valence-corrected chi connectivity index (χ3v) is 5.45. The SMILES string of the molecule is COc1ccc(/C=C/C(=O)c2ccc(-n3ccnc3)cc2)cc1COc1ccc(C)cc1Cl. The van der Waals surface area contributed by atoms with Crippen LogP contribution in [0.2, 0.25) is 5.02 Å². The van der Waals surface area contributed by atoms with Crippen molar-refractivity contribution in [1.29, 1.82) is 0 Å². The Morgan fingerprint density at radius 2 is 1.85 bits per heavy atom. The number of carbonyl (C=O) groups is 1. The predicted molar refractivity (Wildman–Crippen MR) is 130 cm³/mol. The van der Waals surface area contributed by atoms with Gasteiger partial charge in [-0.25, -0.2) is 4.98 Å². The first-order valence-corrected chi connectivity index (χ1v) is 10.8. The zero-order valence-electron chi connectivity index (χ0n) is 18.4. The van der Waals surface area contributed by atoms with Gasteiger partial charge in [-0.1, -0.05) is 29.8 Å². The summed E-state index contributed by atoms with van der Waals surface area (Å²) < 4.78 is 13.3. The first-order valence-electron chi connectivity index (χ1n) is 10.4. The second-order valence-electron chi connectivity index (χ2n) is 7.51. The Kier molecular flexibility index (Phi) is 6.91. The van der Waals surface area contributed by atoms with E-state index < -0.39 is 0 Å². The van der Waals surface area contributed by atoms with Gasteiger partial charge in [0.05, 0.1) is 18.5 Å². The monoisotopic (exact) mass is 458 g/mol. The molecule has 6 heteroatoms. The summed E-state index contributed by atoms with van der Waals surface area (Å²) in [6.07, 6.45) is 8.64. The molecule has 4 aromatic rings. The molecule has 4 rings (SSSR count).